The van der Waals surface area contributed by atoms with E-state index in [0.29, 0.717) is 42.3 Å². The summed E-state index contributed by atoms with van der Waals surface area (Å²) in [5, 5.41) is 3.30. The van der Waals surface area contributed by atoms with Crippen LogP contribution in [-0.4, -0.2) is 76.2 Å². The molecular weight excluding hydrogens is 693 g/mol. The predicted octanol–water partition coefficient (Wildman–Crippen LogP) is 7.89. The zero-order valence-corrected chi connectivity index (χ0v) is 35.0. The van der Waals surface area contributed by atoms with Crippen LogP contribution < -0.4 is 5.32 Å². The molecule has 9 heteroatoms. The highest BCUT2D eigenvalue weighted by molar-refractivity contribution is 5.90. The highest BCUT2D eigenvalue weighted by Gasteiger charge is 2.71. The molecule has 9 nitrogen and oxygen atoms in total. The fourth-order valence-corrected chi connectivity index (χ4v) is 13.7. The number of rotatable bonds is 11. The maximum absolute atomic E-state index is 14.6. The molecule has 6 rings (SSSR count). The van der Waals surface area contributed by atoms with Gasteiger partial charge >= 0.3 is 17.9 Å². The zero-order chi connectivity index (χ0) is 40.1. The number of methoxy groups -OCH3 is 3. The summed E-state index contributed by atoms with van der Waals surface area (Å²) in [5.74, 6) is 0.992. The second kappa shape index (κ2) is 15.1. The van der Waals surface area contributed by atoms with Crippen molar-refractivity contribution < 1.29 is 33.4 Å². The van der Waals surface area contributed by atoms with E-state index in [2.05, 4.69) is 71.6 Å². The lowest BCUT2D eigenvalue weighted by Gasteiger charge is -2.72. The third-order valence-electron chi connectivity index (χ3n) is 16.6. The molecule has 5 aliphatic rings. The SMILES string of the molecule is C=C(C)[C@@H]1CC[C@]2(C(=O)NCCN(CC(=O)OC)CC(=O)OC)CC[C@]3(C)C(CC[C@@H]4[C@@]5(C)CC=C(c6ccc(C(=O)OC)cc6)C(C)(C)[C@@H]5CC[C@]43C)[C@@H]12. The summed E-state index contributed by atoms with van der Waals surface area (Å²) in [6.07, 6.45) is 12.0. The van der Waals surface area contributed by atoms with Gasteiger partial charge in [0.1, 0.15) is 0 Å². The van der Waals surface area contributed by atoms with E-state index >= 15 is 0 Å². The monoisotopic (exact) mass is 758 g/mol. The first-order chi connectivity index (χ1) is 25.9. The van der Waals surface area contributed by atoms with E-state index < -0.39 is 17.4 Å². The Balaban J connectivity index is 1.25. The summed E-state index contributed by atoms with van der Waals surface area (Å²) < 4.78 is 14.7. The molecule has 1 unspecified atom stereocenters. The van der Waals surface area contributed by atoms with E-state index in [9.17, 15) is 19.2 Å². The lowest BCUT2D eigenvalue weighted by Crippen LogP contribution is -2.66. The van der Waals surface area contributed by atoms with Crippen molar-refractivity contribution in [3.63, 3.8) is 0 Å². The van der Waals surface area contributed by atoms with Crippen LogP contribution in [0.5, 0.6) is 0 Å². The number of hydrogen-bond donors (Lipinski definition) is 1. The highest BCUT2D eigenvalue weighted by atomic mass is 16.5. The maximum Gasteiger partial charge on any atom is 0.337 e. The summed E-state index contributed by atoms with van der Waals surface area (Å²) in [6, 6.07) is 7.96. The number of carbonyl (C=O) groups is 4. The zero-order valence-electron chi connectivity index (χ0n) is 35.0. The largest absolute Gasteiger partial charge is 0.468 e. The van der Waals surface area contributed by atoms with Crippen molar-refractivity contribution in [3.8, 4) is 0 Å². The molecule has 0 aliphatic heterocycles. The molecule has 1 aromatic carbocycles. The molecule has 0 heterocycles. The standard InChI is InChI=1S/C46H66N2O7/c1-29(2)32-17-22-46(41(52)47-25-26-48(27-37(49)53-8)28-38(50)54-9)24-23-44(6)34(39(32)46)15-16-36-43(5)20-18-33(30-11-13-31(14-12-30)40(51)55-10)42(3,4)35(43)19-21-45(36,44)7/h11-14,18,32,34-36,39H,1,15-17,19-28H2,2-10H3,(H,47,52)/t32-,34?,35-,36+,39+,43-,44+,45+,46-/m0/s1. The van der Waals surface area contributed by atoms with Crippen molar-refractivity contribution in [1.82, 2.24) is 10.2 Å². The van der Waals surface area contributed by atoms with Crippen molar-refractivity contribution in [3.05, 3.63) is 53.6 Å². The van der Waals surface area contributed by atoms with E-state index in [4.69, 9.17) is 14.2 Å². The number of nitrogens with one attached hydrogen (secondary N) is 1. The van der Waals surface area contributed by atoms with Crippen LogP contribution in [-0.2, 0) is 28.6 Å². The lowest BCUT2D eigenvalue weighted by atomic mass is 9.32. The fourth-order valence-electron chi connectivity index (χ4n) is 13.7. The van der Waals surface area contributed by atoms with Gasteiger partial charge in [-0.1, -0.05) is 65.0 Å². The maximum atomic E-state index is 14.6. The van der Waals surface area contributed by atoms with Gasteiger partial charge in [0.2, 0.25) is 5.91 Å². The number of amides is 1. The van der Waals surface area contributed by atoms with Crippen LogP contribution in [0.1, 0.15) is 115 Å². The van der Waals surface area contributed by atoms with E-state index in [-0.39, 0.29) is 52.5 Å². The summed E-state index contributed by atoms with van der Waals surface area (Å²) in [6.45, 7) is 19.9. The normalized spacial score (nSPS) is 35.9. The molecule has 302 valence electrons. The molecule has 5 aliphatic carbocycles. The van der Waals surface area contributed by atoms with Crippen LogP contribution in [0.3, 0.4) is 0 Å². The summed E-state index contributed by atoms with van der Waals surface area (Å²) in [4.78, 5) is 52.6. The second-order valence-corrected chi connectivity index (χ2v) is 19.1. The van der Waals surface area contributed by atoms with Crippen LogP contribution in [0, 0.1) is 56.7 Å². The molecule has 0 spiro atoms. The van der Waals surface area contributed by atoms with E-state index in [1.165, 1.54) is 57.3 Å². The first-order valence-electron chi connectivity index (χ1n) is 20.6. The predicted molar refractivity (Wildman–Crippen MR) is 214 cm³/mol. The molecular formula is C46H66N2O7. The Kier molecular flexibility index (Phi) is 11.3. The molecule has 0 bridgehead atoms. The third kappa shape index (κ3) is 6.68. The van der Waals surface area contributed by atoms with Crippen molar-refractivity contribution in [1.29, 1.82) is 0 Å². The van der Waals surface area contributed by atoms with Gasteiger partial charge in [0, 0.05) is 13.1 Å². The van der Waals surface area contributed by atoms with Gasteiger partial charge < -0.3 is 19.5 Å². The molecule has 55 heavy (non-hydrogen) atoms. The molecule has 0 aromatic heterocycles. The van der Waals surface area contributed by atoms with Crippen molar-refractivity contribution in [2.45, 2.75) is 99.3 Å². The molecule has 0 radical (unpaired) electrons. The van der Waals surface area contributed by atoms with E-state index in [0.717, 1.165) is 38.5 Å². The van der Waals surface area contributed by atoms with Crippen LogP contribution in [0.15, 0.2) is 42.5 Å². The number of carbonyl (C=O) groups excluding carboxylic acids is 4. The number of esters is 3. The number of benzene rings is 1. The van der Waals surface area contributed by atoms with Gasteiger partial charge in [0.15, 0.2) is 0 Å². The Hall–Kier alpha value is -3.46. The van der Waals surface area contributed by atoms with Crippen molar-refractivity contribution in [2.24, 2.45) is 56.7 Å². The first-order valence-corrected chi connectivity index (χ1v) is 20.6. The van der Waals surface area contributed by atoms with Gasteiger partial charge in [-0.15, -0.1) is 0 Å². The van der Waals surface area contributed by atoms with Crippen LogP contribution in [0.4, 0.5) is 0 Å². The van der Waals surface area contributed by atoms with Gasteiger partial charge in [0.25, 0.3) is 0 Å². The number of hydrogen-bond acceptors (Lipinski definition) is 8. The van der Waals surface area contributed by atoms with Crippen molar-refractivity contribution in [2.75, 3.05) is 47.5 Å². The highest BCUT2D eigenvalue weighted by Crippen LogP contribution is 2.77. The van der Waals surface area contributed by atoms with Gasteiger partial charge in [-0.05, 0) is 139 Å². The van der Waals surface area contributed by atoms with Crippen LogP contribution in [0.2, 0.25) is 0 Å². The summed E-state index contributed by atoms with van der Waals surface area (Å²) in [7, 11) is 4.08. The van der Waals surface area contributed by atoms with Crippen LogP contribution >= 0.6 is 0 Å². The summed E-state index contributed by atoms with van der Waals surface area (Å²) in [5.41, 5.74) is 4.24. The number of fused-ring (bicyclic) bond motifs is 7. The number of nitrogens with zero attached hydrogens (tertiary/aromatic N) is 1. The minimum Gasteiger partial charge on any atom is -0.468 e. The average molecular weight is 759 g/mol. The van der Waals surface area contributed by atoms with Gasteiger partial charge in [-0.2, -0.15) is 0 Å². The molecule has 1 aromatic rings. The van der Waals surface area contributed by atoms with Gasteiger partial charge in [0.05, 0.1) is 45.4 Å². The topological polar surface area (TPSA) is 111 Å². The Labute approximate surface area is 329 Å². The lowest BCUT2D eigenvalue weighted by molar-refractivity contribution is -0.225. The Morgan fingerprint density at radius 1 is 0.800 bits per heavy atom. The quantitative estimate of drug-likeness (QED) is 0.138. The minimum absolute atomic E-state index is 0.0293. The number of allylic oxidation sites excluding steroid dienone is 3. The van der Waals surface area contributed by atoms with Gasteiger partial charge in [-0.25, -0.2) is 4.79 Å². The minimum atomic E-state index is -0.457. The Bertz CT molecular complexity index is 1700. The molecule has 4 fully saturated rings. The molecule has 9 atom stereocenters. The third-order valence-corrected chi connectivity index (χ3v) is 16.6. The van der Waals surface area contributed by atoms with Crippen molar-refractivity contribution >= 4 is 29.4 Å². The molecule has 0 saturated heterocycles. The molecule has 4 saturated carbocycles. The second-order valence-electron chi connectivity index (χ2n) is 19.1. The average Bonchev–Trinajstić information content (AvgIpc) is 3.56. The smallest absolute Gasteiger partial charge is 0.337 e. The first kappa shape index (κ1) is 41.2. The van der Waals surface area contributed by atoms with E-state index in [1.54, 1.807) is 4.90 Å². The van der Waals surface area contributed by atoms with E-state index in [1.807, 2.05) is 12.1 Å². The molecule has 1 amide bonds. The number of ether oxygens (including phenoxy) is 3. The Morgan fingerprint density at radius 3 is 2.05 bits per heavy atom. The fraction of sp³-hybridized carbons (Fsp3) is 0.696. The van der Waals surface area contributed by atoms with Crippen LogP contribution in [0.25, 0.3) is 5.57 Å². The molecule has 1 N–H and O–H groups in total. The Morgan fingerprint density at radius 2 is 1.45 bits per heavy atom. The summed E-state index contributed by atoms with van der Waals surface area (Å²) >= 11 is 0. The van der Waals surface area contributed by atoms with Gasteiger partial charge in [-0.3, -0.25) is 19.3 Å².